The van der Waals surface area contributed by atoms with Crippen LogP contribution >= 0.6 is 46.1 Å². The van der Waals surface area contributed by atoms with Gasteiger partial charge in [0, 0.05) is 15.1 Å². The average molecular weight is 508 g/mol. The van der Waals surface area contributed by atoms with Crippen LogP contribution in [0.3, 0.4) is 0 Å². The maximum absolute atomic E-state index is 13.5. The Kier molecular flexibility index (Phi) is 6.58. The summed E-state index contributed by atoms with van der Waals surface area (Å²) in [5, 5.41) is 1.49. The second-order valence-electron chi connectivity index (χ2n) is 7.02. The first-order valence-corrected chi connectivity index (χ1v) is 11.7. The van der Waals surface area contributed by atoms with E-state index in [1.165, 1.54) is 15.9 Å². The van der Waals surface area contributed by atoms with Crippen molar-refractivity contribution in [1.29, 1.82) is 0 Å². The van der Waals surface area contributed by atoms with Crippen molar-refractivity contribution < 1.29 is 9.53 Å². The van der Waals surface area contributed by atoms with Crippen LogP contribution in [0, 0.1) is 0 Å². The van der Waals surface area contributed by atoms with Crippen molar-refractivity contribution in [3.63, 3.8) is 0 Å². The summed E-state index contributed by atoms with van der Waals surface area (Å²) in [5.41, 5.74) is 1.92. The molecule has 0 aliphatic carbocycles. The maximum Gasteiger partial charge on any atom is 0.338 e. The molecule has 0 saturated carbocycles. The summed E-state index contributed by atoms with van der Waals surface area (Å²) in [6.07, 6.45) is 1.70. The summed E-state index contributed by atoms with van der Waals surface area (Å²) in [7, 11) is 0. The molecule has 2 aromatic carbocycles. The van der Waals surface area contributed by atoms with E-state index < -0.39 is 12.0 Å². The van der Waals surface area contributed by atoms with Gasteiger partial charge in [0.25, 0.3) is 5.56 Å². The quantitative estimate of drug-likeness (QED) is 0.479. The summed E-state index contributed by atoms with van der Waals surface area (Å²) in [6, 6.07) is 11.4. The molecule has 164 valence electrons. The molecule has 0 N–H and O–H groups in total. The number of fused-ring (bicyclic) bond motifs is 1. The lowest BCUT2D eigenvalue weighted by Gasteiger charge is -2.24. The van der Waals surface area contributed by atoms with Gasteiger partial charge in [0.1, 0.15) is 0 Å². The third kappa shape index (κ3) is 4.28. The smallest absolute Gasteiger partial charge is 0.338 e. The fraction of sp³-hybridized carbons (Fsp3) is 0.174. The average Bonchev–Trinajstić information content (AvgIpc) is 3.04. The zero-order chi connectivity index (χ0) is 23.0. The molecule has 0 radical (unpaired) electrons. The molecular weight excluding hydrogens is 491 g/mol. The van der Waals surface area contributed by atoms with Crippen molar-refractivity contribution in [1.82, 2.24) is 4.57 Å². The standard InChI is InChI=1S/C23H17Cl3N2O3S/c1-3-31-22(30)19-12(2)27-23-28(20(19)13-4-7-15(24)8-5-13)21(29)18(32-23)10-14-6-9-16(25)11-17(14)26/h4-11,20H,3H2,1-2H3/b18-10+/t20-/m1/s1. The zero-order valence-corrected chi connectivity index (χ0v) is 20.1. The minimum atomic E-state index is -0.689. The van der Waals surface area contributed by atoms with Gasteiger partial charge in [-0.05, 0) is 55.3 Å². The van der Waals surface area contributed by atoms with Crippen LogP contribution in [0.5, 0.6) is 0 Å². The van der Waals surface area contributed by atoms with Gasteiger partial charge in [0.15, 0.2) is 4.80 Å². The minimum Gasteiger partial charge on any atom is -0.463 e. The van der Waals surface area contributed by atoms with Crippen LogP contribution in [0.2, 0.25) is 15.1 Å². The van der Waals surface area contributed by atoms with Crippen LogP contribution in [-0.2, 0) is 9.53 Å². The number of rotatable bonds is 4. The van der Waals surface area contributed by atoms with Crippen molar-refractivity contribution in [3.8, 4) is 0 Å². The number of halogens is 3. The fourth-order valence-corrected chi connectivity index (χ4v) is 5.14. The number of thiazole rings is 1. The number of esters is 1. The predicted octanol–water partition coefficient (Wildman–Crippen LogP) is 4.76. The molecule has 1 atom stereocenters. The highest BCUT2D eigenvalue weighted by Crippen LogP contribution is 2.31. The monoisotopic (exact) mass is 506 g/mol. The number of hydrogen-bond donors (Lipinski definition) is 0. The Bertz CT molecular complexity index is 1420. The normalized spacial score (nSPS) is 16.0. The van der Waals surface area contributed by atoms with Gasteiger partial charge in [0.05, 0.1) is 28.5 Å². The van der Waals surface area contributed by atoms with Crippen LogP contribution in [0.4, 0.5) is 0 Å². The van der Waals surface area contributed by atoms with Crippen LogP contribution in [-0.4, -0.2) is 17.1 Å². The highest BCUT2D eigenvalue weighted by molar-refractivity contribution is 7.07. The topological polar surface area (TPSA) is 60.7 Å². The van der Waals surface area contributed by atoms with Crippen molar-refractivity contribution in [2.24, 2.45) is 4.99 Å². The Morgan fingerprint density at radius 2 is 1.84 bits per heavy atom. The van der Waals surface area contributed by atoms with Gasteiger partial charge in [-0.2, -0.15) is 0 Å². The van der Waals surface area contributed by atoms with Crippen molar-refractivity contribution in [2.45, 2.75) is 19.9 Å². The number of carbonyl (C=O) groups excluding carboxylic acids is 1. The second kappa shape index (κ2) is 9.24. The van der Waals surface area contributed by atoms with Gasteiger partial charge in [0.2, 0.25) is 0 Å². The lowest BCUT2D eigenvalue weighted by Crippen LogP contribution is -2.39. The summed E-state index contributed by atoms with van der Waals surface area (Å²) < 4.78 is 7.23. The van der Waals surface area contributed by atoms with E-state index >= 15 is 0 Å². The van der Waals surface area contributed by atoms with Gasteiger partial charge in [-0.3, -0.25) is 9.36 Å². The van der Waals surface area contributed by atoms with Crippen LogP contribution in [0.15, 0.2) is 63.5 Å². The van der Waals surface area contributed by atoms with Crippen LogP contribution in [0.1, 0.15) is 31.0 Å². The predicted molar refractivity (Wildman–Crippen MR) is 128 cm³/mol. The van der Waals surface area contributed by atoms with E-state index in [9.17, 15) is 9.59 Å². The van der Waals surface area contributed by atoms with Gasteiger partial charge in [-0.25, -0.2) is 9.79 Å². The third-order valence-electron chi connectivity index (χ3n) is 4.95. The Morgan fingerprint density at radius 1 is 1.16 bits per heavy atom. The molecule has 32 heavy (non-hydrogen) atoms. The molecule has 1 aliphatic heterocycles. The molecule has 5 nitrogen and oxygen atoms in total. The number of nitrogens with zero attached hydrogens (tertiary/aromatic N) is 2. The molecule has 0 bridgehead atoms. The minimum absolute atomic E-state index is 0.211. The van der Waals surface area contributed by atoms with E-state index in [0.29, 0.717) is 41.2 Å². The van der Waals surface area contributed by atoms with Gasteiger partial charge < -0.3 is 4.74 Å². The number of carbonyl (C=O) groups is 1. The summed E-state index contributed by atoms with van der Waals surface area (Å²) in [6.45, 7) is 3.68. The Morgan fingerprint density at radius 3 is 2.50 bits per heavy atom. The Hall–Kier alpha value is -2.38. The summed E-state index contributed by atoms with van der Waals surface area (Å²) in [4.78, 5) is 31.4. The van der Waals surface area contributed by atoms with E-state index in [4.69, 9.17) is 39.5 Å². The van der Waals surface area contributed by atoms with Crippen LogP contribution < -0.4 is 14.9 Å². The molecule has 4 rings (SSSR count). The highest BCUT2D eigenvalue weighted by Gasteiger charge is 2.33. The number of hydrogen-bond acceptors (Lipinski definition) is 5. The zero-order valence-electron chi connectivity index (χ0n) is 17.1. The van der Waals surface area contributed by atoms with Crippen molar-refractivity contribution in [3.05, 3.63) is 99.6 Å². The molecule has 0 fully saturated rings. The molecule has 2 heterocycles. The highest BCUT2D eigenvalue weighted by atomic mass is 35.5. The molecule has 1 aliphatic rings. The van der Waals surface area contributed by atoms with E-state index in [1.54, 1.807) is 62.4 Å². The molecule has 1 aromatic heterocycles. The van der Waals surface area contributed by atoms with E-state index in [2.05, 4.69) is 4.99 Å². The van der Waals surface area contributed by atoms with E-state index in [-0.39, 0.29) is 12.2 Å². The fourth-order valence-electron chi connectivity index (χ4n) is 3.51. The van der Waals surface area contributed by atoms with Gasteiger partial charge in [-0.15, -0.1) is 0 Å². The molecule has 3 aromatic rings. The summed E-state index contributed by atoms with van der Waals surface area (Å²) >= 11 is 19.6. The summed E-state index contributed by atoms with van der Waals surface area (Å²) in [5.74, 6) is -0.510. The molecule has 0 unspecified atom stereocenters. The molecular formula is C23H17Cl3N2O3S. The largest absolute Gasteiger partial charge is 0.463 e. The van der Waals surface area contributed by atoms with E-state index in [0.717, 1.165) is 5.56 Å². The third-order valence-corrected chi connectivity index (χ3v) is 6.75. The Labute approximate surface area is 202 Å². The van der Waals surface area contributed by atoms with Gasteiger partial charge >= 0.3 is 5.97 Å². The number of aromatic nitrogens is 1. The molecule has 0 saturated heterocycles. The molecule has 0 spiro atoms. The first-order chi connectivity index (χ1) is 15.3. The van der Waals surface area contributed by atoms with Crippen molar-refractivity contribution in [2.75, 3.05) is 6.61 Å². The number of benzene rings is 2. The Balaban J connectivity index is 1.96. The second-order valence-corrected chi connectivity index (χ2v) is 9.31. The molecule has 0 amide bonds. The lowest BCUT2D eigenvalue weighted by atomic mass is 9.96. The number of allylic oxidation sites excluding steroid dienone is 1. The first kappa shape index (κ1) is 22.8. The SMILES string of the molecule is CCOC(=O)C1=C(C)N=c2s/c(=C/c3ccc(Cl)cc3Cl)c(=O)n2[C@@H]1c1ccc(Cl)cc1. The van der Waals surface area contributed by atoms with Crippen molar-refractivity contribution >= 4 is 58.2 Å². The van der Waals surface area contributed by atoms with Crippen LogP contribution in [0.25, 0.3) is 6.08 Å². The molecule has 9 heteroatoms. The first-order valence-electron chi connectivity index (χ1n) is 9.70. The maximum atomic E-state index is 13.5. The lowest BCUT2D eigenvalue weighted by molar-refractivity contribution is -0.139. The van der Waals surface area contributed by atoms with Gasteiger partial charge in [-0.1, -0.05) is 64.3 Å². The number of ether oxygens (including phenoxy) is 1. The van der Waals surface area contributed by atoms with E-state index in [1.807, 2.05) is 0 Å².